The van der Waals surface area contributed by atoms with Gasteiger partial charge in [0.2, 0.25) is 0 Å². The molecule has 0 atom stereocenters. The van der Waals surface area contributed by atoms with Crippen LogP contribution >= 0.6 is 11.3 Å². The summed E-state index contributed by atoms with van der Waals surface area (Å²) < 4.78 is 3.41. The Labute approximate surface area is 143 Å². The van der Waals surface area contributed by atoms with Crippen molar-refractivity contribution >= 4 is 27.5 Å². The number of aryl methyl sites for hydroxylation is 1. The van der Waals surface area contributed by atoms with Gasteiger partial charge in [-0.3, -0.25) is 0 Å². The number of nitrogens with one attached hydrogen (secondary N) is 2. The Balaban J connectivity index is 1.26. The van der Waals surface area contributed by atoms with Gasteiger partial charge in [-0.1, -0.05) is 18.2 Å². The number of urea groups is 1. The van der Waals surface area contributed by atoms with Crippen molar-refractivity contribution in [2.24, 2.45) is 0 Å². The van der Waals surface area contributed by atoms with E-state index < -0.39 is 0 Å². The molecule has 0 saturated carbocycles. The highest BCUT2D eigenvalue weighted by Gasteiger charge is 2.16. The van der Waals surface area contributed by atoms with Gasteiger partial charge in [0.15, 0.2) is 0 Å². The summed E-state index contributed by atoms with van der Waals surface area (Å²) in [5.41, 5.74) is 1.15. The maximum Gasteiger partial charge on any atom is 0.315 e. The SMILES string of the molecule is O=C(NCCc1nnc2n1CCC2)NCc1csc2ccccc12. The standard InChI is InChI=1S/C17H19N5OS/c23-17(18-8-7-16-21-20-15-6-3-9-22(15)16)19-10-12-11-24-14-5-2-1-4-13(12)14/h1-2,4-5,11H,3,6-10H2,(H2,18,19,23). The predicted molar refractivity (Wildman–Crippen MR) is 94.1 cm³/mol. The van der Waals surface area contributed by atoms with Crippen molar-refractivity contribution in [3.8, 4) is 0 Å². The molecular formula is C17H19N5OS. The molecule has 2 amide bonds. The minimum absolute atomic E-state index is 0.147. The first-order valence-electron chi connectivity index (χ1n) is 8.19. The molecule has 3 heterocycles. The predicted octanol–water partition coefficient (Wildman–Crippen LogP) is 2.48. The van der Waals surface area contributed by atoms with Crippen LogP contribution in [0.5, 0.6) is 0 Å². The first-order chi connectivity index (χ1) is 11.8. The lowest BCUT2D eigenvalue weighted by atomic mass is 10.2. The summed E-state index contributed by atoms with van der Waals surface area (Å²) in [6.07, 6.45) is 2.86. The second kappa shape index (κ2) is 6.60. The second-order valence-corrected chi connectivity index (χ2v) is 6.82. The average Bonchev–Trinajstić information content (AvgIpc) is 3.29. The zero-order valence-electron chi connectivity index (χ0n) is 13.3. The molecule has 6 nitrogen and oxygen atoms in total. The molecular weight excluding hydrogens is 322 g/mol. The van der Waals surface area contributed by atoms with Gasteiger partial charge in [-0.2, -0.15) is 0 Å². The van der Waals surface area contributed by atoms with Crippen molar-refractivity contribution < 1.29 is 4.79 Å². The topological polar surface area (TPSA) is 71.8 Å². The van der Waals surface area contributed by atoms with Crippen molar-refractivity contribution in [3.63, 3.8) is 0 Å². The Hall–Kier alpha value is -2.41. The zero-order valence-corrected chi connectivity index (χ0v) is 14.1. The molecule has 124 valence electrons. The first-order valence-corrected chi connectivity index (χ1v) is 9.07. The largest absolute Gasteiger partial charge is 0.338 e. The third-order valence-electron chi connectivity index (χ3n) is 4.32. The van der Waals surface area contributed by atoms with E-state index in [1.165, 1.54) is 10.1 Å². The fraction of sp³-hybridized carbons (Fsp3) is 0.353. The molecule has 2 N–H and O–H groups in total. The Kier molecular flexibility index (Phi) is 4.17. The molecule has 0 spiro atoms. The normalized spacial score (nSPS) is 13.2. The summed E-state index contributed by atoms with van der Waals surface area (Å²) in [5.74, 6) is 2.03. The van der Waals surface area contributed by atoms with E-state index in [1.54, 1.807) is 11.3 Å². The number of aromatic nitrogens is 3. The van der Waals surface area contributed by atoms with Crippen LogP contribution in [0.3, 0.4) is 0 Å². The lowest BCUT2D eigenvalue weighted by molar-refractivity contribution is 0.240. The van der Waals surface area contributed by atoms with Crippen LogP contribution < -0.4 is 10.6 Å². The van der Waals surface area contributed by atoms with Crippen molar-refractivity contribution in [1.29, 1.82) is 0 Å². The Morgan fingerprint density at radius 3 is 3.12 bits per heavy atom. The summed E-state index contributed by atoms with van der Waals surface area (Å²) in [7, 11) is 0. The fourth-order valence-corrected chi connectivity index (χ4v) is 4.05. The van der Waals surface area contributed by atoms with Crippen LogP contribution in [0.1, 0.15) is 23.6 Å². The Morgan fingerprint density at radius 2 is 2.17 bits per heavy atom. The number of carbonyl (C=O) groups is 1. The third kappa shape index (κ3) is 2.99. The average molecular weight is 341 g/mol. The van der Waals surface area contributed by atoms with E-state index in [-0.39, 0.29) is 6.03 Å². The molecule has 4 rings (SSSR count). The van der Waals surface area contributed by atoms with E-state index in [0.29, 0.717) is 19.5 Å². The highest BCUT2D eigenvalue weighted by molar-refractivity contribution is 7.17. The van der Waals surface area contributed by atoms with Gasteiger partial charge < -0.3 is 15.2 Å². The van der Waals surface area contributed by atoms with Crippen molar-refractivity contribution in [3.05, 3.63) is 46.9 Å². The third-order valence-corrected chi connectivity index (χ3v) is 5.33. The molecule has 0 aliphatic carbocycles. The van der Waals surface area contributed by atoms with Crippen molar-refractivity contribution in [2.45, 2.75) is 32.4 Å². The molecule has 0 unspecified atom stereocenters. The number of thiophene rings is 1. The van der Waals surface area contributed by atoms with Crippen LogP contribution in [0.4, 0.5) is 4.79 Å². The molecule has 0 fully saturated rings. The van der Waals surface area contributed by atoms with Gasteiger partial charge in [0.1, 0.15) is 11.6 Å². The summed E-state index contributed by atoms with van der Waals surface area (Å²) in [5, 5.41) is 17.5. The maximum atomic E-state index is 12.0. The van der Waals surface area contributed by atoms with Crippen LogP contribution in [-0.4, -0.2) is 27.3 Å². The first kappa shape index (κ1) is 15.1. The molecule has 0 radical (unpaired) electrons. The van der Waals surface area contributed by atoms with Crippen LogP contribution in [0.25, 0.3) is 10.1 Å². The van der Waals surface area contributed by atoms with Gasteiger partial charge >= 0.3 is 6.03 Å². The van der Waals surface area contributed by atoms with E-state index in [9.17, 15) is 4.79 Å². The van der Waals surface area contributed by atoms with Gasteiger partial charge in [0.05, 0.1) is 0 Å². The minimum Gasteiger partial charge on any atom is -0.338 e. The highest BCUT2D eigenvalue weighted by Crippen LogP contribution is 2.25. The molecule has 7 heteroatoms. The fourth-order valence-electron chi connectivity index (χ4n) is 3.09. The van der Waals surface area contributed by atoms with Crippen LogP contribution in [0.2, 0.25) is 0 Å². The lowest BCUT2D eigenvalue weighted by Gasteiger charge is -2.07. The number of hydrogen-bond donors (Lipinski definition) is 2. The van der Waals surface area contributed by atoms with Gasteiger partial charge in [-0.25, -0.2) is 4.79 Å². The number of carbonyl (C=O) groups excluding carboxylic acids is 1. The van der Waals surface area contributed by atoms with E-state index in [0.717, 1.165) is 36.6 Å². The lowest BCUT2D eigenvalue weighted by Crippen LogP contribution is -2.36. The van der Waals surface area contributed by atoms with E-state index >= 15 is 0 Å². The monoisotopic (exact) mass is 341 g/mol. The Bertz CT molecular complexity index is 869. The summed E-state index contributed by atoms with van der Waals surface area (Å²) >= 11 is 1.70. The van der Waals surface area contributed by atoms with E-state index in [2.05, 4.69) is 42.9 Å². The molecule has 2 aromatic heterocycles. The van der Waals surface area contributed by atoms with Gasteiger partial charge in [0, 0.05) is 37.2 Å². The van der Waals surface area contributed by atoms with Crippen LogP contribution in [0, 0.1) is 0 Å². The smallest absolute Gasteiger partial charge is 0.315 e. The summed E-state index contributed by atoms with van der Waals surface area (Å²) in [6.45, 7) is 2.10. The maximum absolute atomic E-state index is 12.0. The van der Waals surface area contributed by atoms with Crippen LogP contribution in [-0.2, 0) is 25.9 Å². The number of rotatable bonds is 5. The highest BCUT2D eigenvalue weighted by atomic mass is 32.1. The molecule has 1 aliphatic heterocycles. The van der Waals surface area contributed by atoms with E-state index in [4.69, 9.17) is 0 Å². The van der Waals surface area contributed by atoms with Gasteiger partial charge in [-0.15, -0.1) is 21.5 Å². The summed E-state index contributed by atoms with van der Waals surface area (Å²) in [4.78, 5) is 12.0. The minimum atomic E-state index is -0.147. The molecule has 24 heavy (non-hydrogen) atoms. The number of nitrogens with zero attached hydrogens (tertiary/aromatic N) is 3. The number of fused-ring (bicyclic) bond motifs is 2. The number of hydrogen-bond acceptors (Lipinski definition) is 4. The van der Waals surface area contributed by atoms with Crippen molar-refractivity contribution in [2.75, 3.05) is 6.54 Å². The molecule has 3 aromatic rings. The number of benzene rings is 1. The summed E-state index contributed by atoms with van der Waals surface area (Å²) in [6, 6.07) is 8.10. The molecule has 1 aliphatic rings. The van der Waals surface area contributed by atoms with Gasteiger partial charge in [-0.05, 0) is 28.8 Å². The molecule has 1 aromatic carbocycles. The quantitative estimate of drug-likeness (QED) is 0.749. The number of amides is 2. The van der Waals surface area contributed by atoms with Gasteiger partial charge in [0.25, 0.3) is 0 Å². The van der Waals surface area contributed by atoms with Crippen LogP contribution in [0.15, 0.2) is 29.6 Å². The molecule has 0 saturated heterocycles. The molecule has 0 bridgehead atoms. The van der Waals surface area contributed by atoms with E-state index in [1.807, 2.05) is 12.1 Å². The Morgan fingerprint density at radius 1 is 1.25 bits per heavy atom. The zero-order chi connectivity index (χ0) is 16.4. The van der Waals surface area contributed by atoms with Crippen molar-refractivity contribution in [1.82, 2.24) is 25.4 Å². The second-order valence-electron chi connectivity index (χ2n) is 5.90.